The highest BCUT2D eigenvalue weighted by Crippen LogP contribution is 2.41. The highest BCUT2D eigenvalue weighted by molar-refractivity contribution is 5.97. The van der Waals surface area contributed by atoms with Gasteiger partial charge in [-0.2, -0.15) is 0 Å². The SMILES string of the molecule is Nc1cc2c(cc1[N+](=O)[O-])CCC=C2c1ccc2c3c(ccc2c1)C1=C(CCC=C1)CC3. The maximum Gasteiger partial charge on any atom is 0.292 e. The minimum Gasteiger partial charge on any atom is -0.393 e. The summed E-state index contributed by atoms with van der Waals surface area (Å²) in [5.74, 6) is 0. The van der Waals surface area contributed by atoms with E-state index >= 15 is 0 Å². The van der Waals surface area contributed by atoms with Gasteiger partial charge in [0.25, 0.3) is 5.69 Å². The van der Waals surface area contributed by atoms with Crippen molar-refractivity contribution in [1.29, 1.82) is 0 Å². The van der Waals surface area contributed by atoms with Crippen LogP contribution in [-0.4, -0.2) is 4.92 Å². The molecule has 3 aliphatic rings. The summed E-state index contributed by atoms with van der Waals surface area (Å²) in [6, 6.07) is 14.7. The average Bonchev–Trinajstić information content (AvgIpc) is 2.82. The number of fused-ring (bicyclic) bond motifs is 5. The molecule has 2 N–H and O–H groups in total. The summed E-state index contributed by atoms with van der Waals surface area (Å²) in [6.45, 7) is 0. The first-order valence-electron chi connectivity index (χ1n) is 11.3. The van der Waals surface area contributed by atoms with Crippen LogP contribution in [0.5, 0.6) is 0 Å². The van der Waals surface area contributed by atoms with Gasteiger partial charge in [-0.1, -0.05) is 48.1 Å². The fourth-order valence-corrected chi connectivity index (χ4v) is 5.63. The number of nitrogens with two attached hydrogens (primary N) is 1. The fraction of sp³-hybridized carbons (Fsp3) is 0.214. The van der Waals surface area contributed by atoms with Gasteiger partial charge in [0.2, 0.25) is 0 Å². The van der Waals surface area contributed by atoms with Crippen molar-refractivity contribution >= 4 is 33.3 Å². The lowest BCUT2D eigenvalue weighted by Crippen LogP contribution is -2.07. The van der Waals surface area contributed by atoms with Crippen molar-refractivity contribution in [2.24, 2.45) is 0 Å². The third-order valence-corrected chi connectivity index (χ3v) is 7.19. The minimum atomic E-state index is -0.394. The van der Waals surface area contributed by atoms with E-state index < -0.39 is 4.92 Å². The van der Waals surface area contributed by atoms with Crippen LogP contribution in [0.2, 0.25) is 0 Å². The van der Waals surface area contributed by atoms with E-state index in [1.807, 2.05) is 0 Å². The molecule has 32 heavy (non-hydrogen) atoms. The Morgan fingerprint density at radius 2 is 1.81 bits per heavy atom. The molecule has 0 bridgehead atoms. The second-order valence-corrected chi connectivity index (χ2v) is 8.97. The number of aryl methyl sites for hydroxylation is 2. The Balaban J connectivity index is 1.45. The van der Waals surface area contributed by atoms with Crippen molar-refractivity contribution in [1.82, 2.24) is 0 Å². The van der Waals surface area contributed by atoms with Gasteiger partial charge in [0.05, 0.1) is 4.92 Å². The van der Waals surface area contributed by atoms with Gasteiger partial charge in [0.1, 0.15) is 5.69 Å². The Morgan fingerprint density at radius 1 is 0.906 bits per heavy atom. The lowest BCUT2D eigenvalue weighted by atomic mass is 9.79. The number of anilines is 1. The lowest BCUT2D eigenvalue weighted by molar-refractivity contribution is -0.384. The summed E-state index contributed by atoms with van der Waals surface area (Å²) < 4.78 is 0. The van der Waals surface area contributed by atoms with Crippen LogP contribution < -0.4 is 5.73 Å². The van der Waals surface area contributed by atoms with Gasteiger partial charge in [-0.3, -0.25) is 10.1 Å². The Hall–Kier alpha value is -3.66. The molecule has 0 spiro atoms. The number of rotatable bonds is 2. The Bertz CT molecular complexity index is 1410. The van der Waals surface area contributed by atoms with Crippen molar-refractivity contribution in [3.63, 3.8) is 0 Å². The summed E-state index contributed by atoms with van der Waals surface area (Å²) in [6.07, 6.45) is 13.1. The van der Waals surface area contributed by atoms with Crippen LogP contribution in [0.15, 0.2) is 66.3 Å². The molecule has 3 aliphatic carbocycles. The van der Waals surface area contributed by atoms with Gasteiger partial charge in [-0.15, -0.1) is 0 Å². The number of nitrogens with zero attached hydrogens (tertiary/aromatic N) is 1. The lowest BCUT2D eigenvalue weighted by Gasteiger charge is -2.26. The number of nitrogen functional groups attached to an aromatic ring is 1. The van der Waals surface area contributed by atoms with E-state index in [-0.39, 0.29) is 11.4 Å². The van der Waals surface area contributed by atoms with Crippen LogP contribution in [0.3, 0.4) is 0 Å². The topological polar surface area (TPSA) is 69.2 Å². The van der Waals surface area contributed by atoms with Crippen LogP contribution in [0, 0.1) is 10.1 Å². The van der Waals surface area contributed by atoms with E-state index in [9.17, 15) is 10.1 Å². The maximum atomic E-state index is 11.3. The molecule has 0 heterocycles. The molecule has 0 atom stereocenters. The number of hydrogen-bond acceptors (Lipinski definition) is 3. The van der Waals surface area contributed by atoms with E-state index in [0.717, 1.165) is 54.4 Å². The zero-order valence-electron chi connectivity index (χ0n) is 17.9. The molecule has 3 aromatic rings. The molecule has 0 saturated heterocycles. The standard InChI is InChI=1S/C28H24N2O2/c29-27-16-26-18(15-28(27)30(31)32)5-3-7-22(26)19-9-11-23-20(14-19)10-13-24-21-6-2-1-4-17(21)8-12-25(23)24/h2,6-7,9-11,13-16H,1,3-5,8,12,29H2. The molecule has 0 radical (unpaired) electrons. The third kappa shape index (κ3) is 2.90. The van der Waals surface area contributed by atoms with Crippen molar-refractivity contribution in [3.8, 4) is 0 Å². The molecular weight excluding hydrogens is 396 g/mol. The number of nitro benzene ring substituents is 1. The summed E-state index contributed by atoms with van der Waals surface area (Å²) in [5, 5.41) is 13.9. The number of hydrogen-bond donors (Lipinski definition) is 1. The van der Waals surface area contributed by atoms with Crippen molar-refractivity contribution in [2.75, 3.05) is 5.73 Å². The van der Waals surface area contributed by atoms with Gasteiger partial charge < -0.3 is 5.73 Å². The molecule has 0 aliphatic heterocycles. The Labute approximate surface area is 186 Å². The summed E-state index contributed by atoms with van der Waals surface area (Å²) in [4.78, 5) is 10.9. The molecule has 0 amide bonds. The van der Waals surface area contributed by atoms with Gasteiger partial charge in [0, 0.05) is 6.07 Å². The smallest absolute Gasteiger partial charge is 0.292 e. The Morgan fingerprint density at radius 3 is 2.69 bits per heavy atom. The molecule has 0 aromatic heterocycles. The van der Waals surface area contributed by atoms with Gasteiger partial charge in [0.15, 0.2) is 0 Å². The molecule has 0 fully saturated rings. The zero-order chi connectivity index (χ0) is 21.8. The summed E-state index contributed by atoms with van der Waals surface area (Å²) in [7, 11) is 0. The third-order valence-electron chi connectivity index (χ3n) is 7.19. The quantitative estimate of drug-likeness (QED) is 0.283. The molecular formula is C28H24N2O2. The van der Waals surface area contributed by atoms with Crippen LogP contribution in [-0.2, 0) is 12.8 Å². The normalized spacial score (nSPS) is 16.9. The molecule has 4 heteroatoms. The molecule has 6 rings (SSSR count). The first-order valence-corrected chi connectivity index (χ1v) is 11.3. The maximum absolute atomic E-state index is 11.3. The summed E-state index contributed by atoms with van der Waals surface area (Å²) in [5.41, 5.74) is 16.4. The molecule has 158 valence electrons. The molecule has 3 aromatic carbocycles. The Kier molecular flexibility index (Phi) is 4.29. The van der Waals surface area contributed by atoms with Gasteiger partial charge >= 0.3 is 0 Å². The van der Waals surface area contributed by atoms with Crippen LogP contribution >= 0.6 is 0 Å². The molecule has 0 unspecified atom stereocenters. The van der Waals surface area contributed by atoms with Gasteiger partial charge in [-0.25, -0.2) is 0 Å². The van der Waals surface area contributed by atoms with Crippen molar-refractivity contribution in [3.05, 3.63) is 104 Å². The summed E-state index contributed by atoms with van der Waals surface area (Å²) >= 11 is 0. The van der Waals surface area contributed by atoms with E-state index in [2.05, 4.69) is 48.6 Å². The second-order valence-electron chi connectivity index (χ2n) is 8.97. The number of nitro groups is 1. The predicted octanol–water partition coefficient (Wildman–Crippen LogP) is 6.76. The van der Waals surface area contributed by atoms with Crippen molar-refractivity contribution < 1.29 is 4.92 Å². The minimum absolute atomic E-state index is 0.000533. The first kappa shape index (κ1) is 19.1. The fourth-order valence-electron chi connectivity index (χ4n) is 5.63. The predicted molar refractivity (Wildman–Crippen MR) is 130 cm³/mol. The van der Waals surface area contributed by atoms with E-state index in [0.29, 0.717) is 0 Å². The van der Waals surface area contributed by atoms with Crippen LogP contribution in [0.1, 0.15) is 53.5 Å². The first-order chi connectivity index (χ1) is 15.6. The second kappa shape index (κ2) is 7.20. The van der Waals surface area contributed by atoms with Crippen LogP contribution in [0.4, 0.5) is 11.4 Å². The monoisotopic (exact) mass is 420 g/mol. The van der Waals surface area contributed by atoms with E-state index in [4.69, 9.17) is 5.73 Å². The van der Waals surface area contributed by atoms with Gasteiger partial charge in [-0.05, 0) is 100 Å². The largest absolute Gasteiger partial charge is 0.393 e. The zero-order valence-corrected chi connectivity index (χ0v) is 17.9. The molecule has 0 saturated carbocycles. The van der Waals surface area contributed by atoms with Crippen molar-refractivity contribution in [2.45, 2.75) is 38.5 Å². The highest BCUT2D eigenvalue weighted by Gasteiger charge is 2.23. The number of allylic oxidation sites excluding steroid dienone is 5. The van der Waals surface area contributed by atoms with Crippen LogP contribution in [0.25, 0.3) is 21.9 Å². The molecule has 4 nitrogen and oxygen atoms in total. The number of benzene rings is 3. The highest BCUT2D eigenvalue weighted by atomic mass is 16.6. The average molecular weight is 421 g/mol. The van der Waals surface area contributed by atoms with E-state index in [1.54, 1.807) is 17.7 Å². The van der Waals surface area contributed by atoms with E-state index in [1.165, 1.54) is 33.9 Å².